The molecule has 1 aromatic carbocycles. The lowest BCUT2D eigenvalue weighted by Gasteiger charge is -2.18. The molecule has 0 bridgehead atoms. The fourth-order valence-corrected chi connectivity index (χ4v) is 3.18. The first kappa shape index (κ1) is 17.3. The van der Waals surface area contributed by atoms with Gasteiger partial charge in [-0.25, -0.2) is 18.0 Å². The average Bonchev–Trinajstić information content (AvgIpc) is 3.22. The Kier molecular flexibility index (Phi) is 4.65. The SMILES string of the molecule is CCOC(=O)C1(NC(=O)NC)CC1c1ccc(S(C)(=O)=O)cc1. The molecule has 1 aliphatic carbocycles. The minimum atomic E-state index is -3.27. The van der Waals surface area contributed by atoms with E-state index in [0.717, 1.165) is 11.8 Å². The maximum atomic E-state index is 12.2. The van der Waals surface area contributed by atoms with Crippen LogP contribution in [0.4, 0.5) is 4.79 Å². The van der Waals surface area contributed by atoms with Gasteiger partial charge < -0.3 is 15.4 Å². The Balaban J connectivity index is 2.25. The van der Waals surface area contributed by atoms with Gasteiger partial charge in [-0.05, 0) is 31.0 Å². The molecule has 2 rings (SSSR count). The summed E-state index contributed by atoms with van der Waals surface area (Å²) in [5.74, 6) is -0.728. The Labute approximate surface area is 135 Å². The van der Waals surface area contributed by atoms with E-state index < -0.39 is 27.4 Å². The van der Waals surface area contributed by atoms with E-state index in [1.165, 1.54) is 19.2 Å². The van der Waals surface area contributed by atoms with E-state index in [1.807, 2.05) is 0 Å². The molecule has 23 heavy (non-hydrogen) atoms. The number of hydrogen-bond donors (Lipinski definition) is 2. The van der Waals surface area contributed by atoms with Gasteiger partial charge in [-0.2, -0.15) is 0 Å². The van der Waals surface area contributed by atoms with Gasteiger partial charge in [-0.15, -0.1) is 0 Å². The molecule has 0 saturated heterocycles. The van der Waals surface area contributed by atoms with Crippen molar-refractivity contribution >= 4 is 21.8 Å². The molecule has 0 aliphatic heterocycles. The first-order chi connectivity index (χ1) is 10.7. The summed E-state index contributed by atoms with van der Waals surface area (Å²) in [6, 6.07) is 5.85. The third-order valence-corrected chi connectivity index (χ3v) is 5.00. The van der Waals surface area contributed by atoms with Crippen LogP contribution >= 0.6 is 0 Å². The van der Waals surface area contributed by atoms with E-state index in [9.17, 15) is 18.0 Å². The summed E-state index contributed by atoms with van der Waals surface area (Å²) in [6.07, 6.45) is 1.55. The lowest BCUT2D eigenvalue weighted by Crippen LogP contribution is -2.48. The molecule has 2 amide bonds. The van der Waals surface area contributed by atoms with E-state index in [1.54, 1.807) is 19.1 Å². The van der Waals surface area contributed by atoms with Gasteiger partial charge in [0, 0.05) is 19.2 Å². The second-order valence-corrected chi connectivity index (χ2v) is 7.51. The van der Waals surface area contributed by atoms with Crippen molar-refractivity contribution < 1.29 is 22.7 Å². The quantitative estimate of drug-likeness (QED) is 0.772. The van der Waals surface area contributed by atoms with Crippen LogP contribution in [0.5, 0.6) is 0 Å². The van der Waals surface area contributed by atoms with E-state index in [0.29, 0.717) is 6.42 Å². The molecule has 2 atom stereocenters. The molecular formula is C15H20N2O5S. The summed E-state index contributed by atoms with van der Waals surface area (Å²) in [6.45, 7) is 1.92. The van der Waals surface area contributed by atoms with Gasteiger partial charge in [-0.1, -0.05) is 12.1 Å². The van der Waals surface area contributed by atoms with Gasteiger partial charge in [0.05, 0.1) is 11.5 Å². The smallest absolute Gasteiger partial charge is 0.332 e. The highest BCUT2D eigenvalue weighted by molar-refractivity contribution is 7.90. The Morgan fingerprint density at radius 3 is 2.39 bits per heavy atom. The molecule has 0 aromatic heterocycles. The summed E-state index contributed by atoms with van der Waals surface area (Å²) < 4.78 is 28.1. The number of amides is 2. The number of sulfone groups is 1. The summed E-state index contributed by atoms with van der Waals surface area (Å²) >= 11 is 0. The molecule has 2 unspecified atom stereocenters. The van der Waals surface area contributed by atoms with Crippen LogP contribution in [0.1, 0.15) is 24.8 Å². The molecule has 2 N–H and O–H groups in total. The molecule has 1 aliphatic rings. The highest BCUT2D eigenvalue weighted by Crippen LogP contribution is 2.52. The second kappa shape index (κ2) is 6.19. The summed E-state index contributed by atoms with van der Waals surface area (Å²) in [5.41, 5.74) is -0.315. The average molecular weight is 340 g/mol. The Morgan fingerprint density at radius 2 is 1.91 bits per heavy atom. The van der Waals surface area contributed by atoms with Crippen LogP contribution in [0, 0.1) is 0 Å². The van der Waals surface area contributed by atoms with Crippen LogP contribution < -0.4 is 10.6 Å². The molecule has 1 aromatic rings. The monoisotopic (exact) mass is 340 g/mol. The maximum absolute atomic E-state index is 12.2. The highest BCUT2D eigenvalue weighted by atomic mass is 32.2. The Bertz CT molecular complexity index is 714. The van der Waals surface area contributed by atoms with Gasteiger partial charge in [0.15, 0.2) is 9.84 Å². The second-order valence-electron chi connectivity index (χ2n) is 5.49. The number of benzene rings is 1. The van der Waals surface area contributed by atoms with Crippen LogP contribution in [0.15, 0.2) is 29.2 Å². The van der Waals surface area contributed by atoms with Crippen molar-refractivity contribution in [2.24, 2.45) is 0 Å². The van der Waals surface area contributed by atoms with Gasteiger partial charge in [-0.3, -0.25) is 0 Å². The summed E-state index contributed by atoms with van der Waals surface area (Å²) in [5, 5.41) is 5.07. The number of carbonyl (C=O) groups is 2. The zero-order valence-corrected chi connectivity index (χ0v) is 14.1. The molecule has 7 nitrogen and oxygen atoms in total. The molecule has 0 radical (unpaired) electrons. The van der Waals surface area contributed by atoms with Crippen molar-refractivity contribution in [1.29, 1.82) is 0 Å². The predicted molar refractivity (Wildman–Crippen MR) is 83.9 cm³/mol. The van der Waals surface area contributed by atoms with Gasteiger partial charge in [0.25, 0.3) is 0 Å². The third-order valence-electron chi connectivity index (χ3n) is 3.87. The molecule has 0 spiro atoms. The van der Waals surface area contributed by atoms with Crippen molar-refractivity contribution in [3.63, 3.8) is 0 Å². The minimum absolute atomic E-state index is 0.211. The number of rotatable bonds is 5. The minimum Gasteiger partial charge on any atom is -0.464 e. The van der Waals surface area contributed by atoms with Crippen molar-refractivity contribution in [2.75, 3.05) is 19.9 Å². The lowest BCUT2D eigenvalue weighted by atomic mass is 10.1. The third kappa shape index (κ3) is 3.47. The topological polar surface area (TPSA) is 102 Å². The highest BCUT2D eigenvalue weighted by Gasteiger charge is 2.63. The van der Waals surface area contributed by atoms with Crippen LogP contribution in [0.3, 0.4) is 0 Å². The number of hydrogen-bond acceptors (Lipinski definition) is 5. The van der Waals surface area contributed by atoms with E-state index >= 15 is 0 Å². The first-order valence-electron chi connectivity index (χ1n) is 7.21. The standard InChI is InChI=1S/C15H20N2O5S/c1-4-22-13(18)15(17-14(19)16-2)9-12(15)10-5-7-11(8-6-10)23(3,20)21/h5-8,12H,4,9H2,1-3H3,(H2,16,17,19). The molecule has 8 heteroatoms. The van der Waals surface area contributed by atoms with Crippen LogP contribution in [0.25, 0.3) is 0 Å². The van der Waals surface area contributed by atoms with Gasteiger partial charge in [0.1, 0.15) is 5.54 Å². The molecule has 126 valence electrons. The molecule has 1 fully saturated rings. The molecule has 1 saturated carbocycles. The number of nitrogens with one attached hydrogen (secondary N) is 2. The molecule has 0 heterocycles. The number of carbonyl (C=O) groups excluding carboxylic acids is 2. The van der Waals surface area contributed by atoms with E-state index in [4.69, 9.17) is 4.74 Å². The molecular weight excluding hydrogens is 320 g/mol. The van der Waals surface area contributed by atoms with Crippen LogP contribution in [-0.4, -0.2) is 45.9 Å². The zero-order valence-electron chi connectivity index (χ0n) is 13.3. The van der Waals surface area contributed by atoms with Crippen molar-refractivity contribution in [1.82, 2.24) is 10.6 Å². The van der Waals surface area contributed by atoms with Crippen molar-refractivity contribution in [2.45, 2.75) is 29.7 Å². The largest absolute Gasteiger partial charge is 0.464 e. The van der Waals surface area contributed by atoms with Gasteiger partial charge >= 0.3 is 12.0 Å². The van der Waals surface area contributed by atoms with Gasteiger partial charge in [0.2, 0.25) is 0 Å². The summed E-state index contributed by atoms with van der Waals surface area (Å²) in [7, 11) is -1.81. The number of urea groups is 1. The van der Waals surface area contributed by atoms with Crippen molar-refractivity contribution in [3.8, 4) is 0 Å². The van der Waals surface area contributed by atoms with E-state index in [2.05, 4.69) is 10.6 Å². The van der Waals surface area contributed by atoms with Crippen molar-refractivity contribution in [3.05, 3.63) is 29.8 Å². The lowest BCUT2D eigenvalue weighted by molar-refractivity contribution is -0.146. The number of esters is 1. The maximum Gasteiger partial charge on any atom is 0.332 e. The number of ether oxygens (including phenoxy) is 1. The fraction of sp³-hybridized carbons (Fsp3) is 0.467. The van der Waals surface area contributed by atoms with E-state index in [-0.39, 0.29) is 17.4 Å². The van der Waals surface area contributed by atoms with Crippen LogP contribution in [0.2, 0.25) is 0 Å². The zero-order chi connectivity index (χ0) is 17.3. The fourth-order valence-electron chi connectivity index (χ4n) is 2.55. The Hall–Kier alpha value is -2.09. The van der Waals surface area contributed by atoms with Crippen LogP contribution in [-0.2, 0) is 19.4 Å². The normalized spacial score (nSPS) is 23.0. The summed E-state index contributed by atoms with van der Waals surface area (Å²) in [4.78, 5) is 24.1. The predicted octanol–water partition coefficient (Wildman–Crippen LogP) is 0.808. The Morgan fingerprint density at radius 1 is 1.30 bits per heavy atom. The first-order valence-corrected chi connectivity index (χ1v) is 9.11.